The quantitative estimate of drug-likeness (QED) is 0.883. The second kappa shape index (κ2) is 5.71. The molecule has 3 heterocycles. The molecule has 0 aliphatic carbocycles. The summed E-state index contributed by atoms with van der Waals surface area (Å²) in [6.07, 6.45) is 6.80. The van der Waals surface area contributed by atoms with Gasteiger partial charge in [0.2, 0.25) is 5.91 Å². The van der Waals surface area contributed by atoms with Gasteiger partial charge in [-0.15, -0.1) is 0 Å². The molecular formula is C13H19N3O3. The fourth-order valence-corrected chi connectivity index (χ4v) is 2.51. The van der Waals surface area contributed by atoms with E-state index in [-0.39, 0.29) is 17.9 Å². The Hall–Kier alpha value is -1.40. The Morgan fingerprint density at radius 1 is 1.47 bits per heavy atom. The van der Waals surface area contributed by atoms with Gasteiger partial charge in [0.1, 0.15) is 0 Å². The number of anilines is 1. The number of rotatable bonds is 4. The van der Waals surface area contributed by atoms with Crippen molar-refractivity contribution in [2.24, 2.45) is 5.92 Å². The molecule has 2 aliphatic rings. The molecule has 19 heavy (non-hydrogen) atoms. The Morgan fingerprint density at radius 3 is 3.16 bits per heavy atom. The SMILES string of the molecule is O=C(Nc1cnn(CC2CCCO2)c1)C1CCOC1. The van der Waals surface area contributed by atoms with E-state index in [0.717, 1.165) is 38.1 Å². The average molecular weight is 265 g/mol. The summed E-state index contributed by atoms with van der Waals surface area (Å²) >= 11 is 0. The van der Waals surface area contributed by atoms with E-state index in [1.54, 1.807) is 6.20 Å². The maximum absolute atomic E-state index is 11.9. The first-order chi connectivity index (χ1) is 9.31. The highest BCUT2D eigenvalue weighted by Gasteiger charge is 2.24. The standard InChI is InChI=1S/C13H19N3O3/c17-13(10-3-5-18-9-10)15-11-6-14-16(7-11)8-12-2-1-4-19-12/h6-7,10,12H,1-5,8-9H2,(H,15,17). The Bertz CT molecular complexity index is 434. The largest absolute Gasteiger partial charge is 0.381 e. The highest BCUT2D eigenvalue weighted by atomic mass is 16.5. The number of nitrogens with zero attached hydrogens (tertiary/aromatic N) is 2. The summed E-state index contributed by atoms with van der Waals surface area (Å²) < 4.78 is 12.6. The van der Waals surface area contributed by atoms with Crippen LogP contribution in [0.15, 0.2) is 12.4 Å². The van der Waals surface area contributed by atoms with Crippen molar-refractivity contribution in [2.45, 2.75) is 31.9 Å². The maximum Gasteiger partial charge on any atom is 0.229 e. The predicted molar refractivity (Wildman–Crippen MR) is 68.8 cm³/mol. The van der Waals surface area contributed by atoms with E-state index >= 15 is 0 Å². The highest BCUT2D eigenvalue weighted by Crippen LogP contribution is 2.17. The van der Waals surface area contributed by atoms with E-state index in [9.17, 15) is 4.79 Å². The second-order valence-corrected chi connectivity index (χ2v) is 5.14. The van der Waals surface area contributed by atoms with Gasteiger partial charge in [0.15, 0.2) is 0 Å². The molecule has 1 amide bonds. The Kier molecular flexibility index (Phi) is 3.79. The van der Waals surface area contributed by atoms with Gasteiger partial charge < -0.3 is 14.8 Å². The summed E-state index contributed by atoms with van der Waals surface area (Å²) in [5.41, 5.74) is 0.745. The second-order valence-electron chi connectivity index (χ2n) is 5.14. The molecule has 104 valence electrons. The zero-order chi connectivity index (χ0) is 13.1. The van der Waals surface area contributed by atoms with E-state index in [1.165, 1.54) is 0 Å². The van der Waals surface area contributed by atoms with Gasteiger partial charge in [-0.25, -0.2) is 0 Å². The van der Waals surface area contributed by atoms with Crippen LogP contribution in [0.1, 0.15) is 19.3 Å². The summed E-state index contributed by atoms with van der Waals surface area (Å²) in [6, 6.07) is 0. The molecule has 2 fully saturated rings. The molecule has 2 aliphatic heterocycles. The molecule has 1 aromatic heterocycles. The molecule has 0 saturated carbocycles. The number of nitrogens with one attached hydrogen (secondary N) is 1. The van der Waals surface area contributed by atoms with Crippen molar-refractivity contribution in [2.75, 3.05) is 25.1 Å². The van der Waals surface area contributed by atoms with Crippen molar-refractivity contribution in [3.05, 3.63) is 12.4 Å². The van der Waals surface area contributed by atoms with E-state index < -0.39 is 0 Å². The molecule has 0 aromatic carbocycles. The molecule has 2 unspecified atom stereocenters. The number of hydrogen-bond acceptors (Lipinski definition) is 4. The first-order valence-electron chi connectivity index (χ1n) is 6.84. The minimum absolute atomic E-state index is 0.0224. The first-order valence-corrected chi connectivity index (χ1v) is 6.84. The van der Waals surface area contributed by atoms with Gasteiger partial charge in [0.05, 0.1) is 37.1 Å². The lowest BCUT2D eigenvalue weighted by Gasteiger charge is -2.09. The fourth-order valence-electron chi connectivity index (χ4n) is 2.51. The van der Waals surface area contributed by atoms with Crippen molar-refractivity contribution in [1.82, 2.24) is 9.78 Å². The van der Waals surface area contributed by atoms with Crippen molar-refractivity contribution >= 4 is 11.6 Å². The third kappa shape index (κ3) is 3.13. The zero-order valence-corrected chi connectivity index (χ0v) is 10.9. The molecule has 1 aromatic rings. The summed E-state index contributed by atoms with van der Waals surface area (Å²) in [7, 11) is 0. The van der Waals surface area contributed by atoms with Gasteiger partial charge in [-0.2, -0.15) is 5.10 Å². The number of ether oxygens (including phenoxy) is 2. The van der Waals surface area contributed by atoms with Crippen LogP contribution in [-0.4, -0.2) is 41.6 Å². The van der Waals surface area contributed by atoms with Crippen LogP contribution in [0.25, 0.3) is 0 Å². The number of carbonyl (C=O) groups excluding carboxylic acids is 1. The van der Waals surface area contributed by atoms with Crippen LogP contribution < -0.4 is 5.32 Å². The number of hydrogen-bond donors (Lipinski definition) is 1. The molecule has 0 bridgehead atoms. The van der Waals surface area contributed by atoms with Gasteiger partial charge in [0, 0.05) is 19.4 Å². The zero-order valence-electron chi connectivity index (χ0n) is 10.9. The fraction of sp³-hybridized carbons (Fsp3) is 0.692. The van der Waals surface area contributed by atoms with Crippen molar-refractivity contribution < 1.29 is 14.3 Å². The maximum atomic E-state index is 11.9. The third-order valence-corrected chi connectivity index (χ3v) is 3.62. The lowest BCUT2D eigenvalue weighted by atomic mass is 10.1. The van der Waals surface area contributed by atoms with Gasteiger partial charge >= 0.3 is 0 Å². The molecule has 0 spiro atoms. The van der Waals surface area contributed by atoms with Crippen LogP contribution in [0, 0.1) is 5.92 Å². The van der Waals surface area contributed by atoms with E-state index in [2.05, 4.69) is 10.4 Å². The molecule has 1 N–H and O–H groups in total. The molecule has 6 heteroatoms. The Morgan fingerprint density at radius 2 is 2.42 bits per heavy atom. The minimum Gasteiger partial charge on any atom is -0.381 e. The third-order valence-electron chi connectivity index (χ3n) is 3.62. The average Bonchev–Trinajstić information content (AvgIpc) is 3.10. The molecule has 2 saturated heterocycles. The summed E-state index contributed by atoms with van der Waals surface area (Å²) in [4.78, 5) is 11.9. The van der Waals surface area contributed by atoms with E-state index in [0.29, 0.717) is 13.2 Å². The van der Waals surface area contributed by atoms with Crippen molar-refractivity contribution in [1.29, 1.82) is 0 Å². The lowest BCUT2D eigenvalue weighted by molar-refractivity contribution is -0.119. The number of amides is 1. The monoisotopic (exact) mass is 265 g/mol. The smallest absolute Gasteiger partial charge is 0.229 e. The van der Waals surface area contributed by atoms with Crippen LogP contribution in [0.2, 0.25) is 0 Å². The Labute approximate surface area is 112 Å². The summed E-state index contributed by atoms with van der Waals surface area (Å²) in [6.45, 7) is 2.80. The minimum atomic E-state index is -0.0264. The first kappa shape index (κ1) is 12.6. The van der Waals surface area contributed by atoms with Gasteiger partial charge in [-0.05, 0) is 19.3 Å². The van der Waals surface area contributed by atoms with Crippen molar-refractivity contribution in [3.8, 4) is 0 Å². The van der Waals surface area contributed by atoms with Crippen LogP contribution in [0.5, 0.6) is 0 Å². The summed E-state index contributed by atoms with van der Waals surface area (Å²) in [5, 5.41) is 7.14. The molecule has 0 radical (unpaired) electrons. The highest BCUT2D eigenvalue weighted by molar-refractivity contribution is 5.92. The van der Waals surface area contributed by atoms with E-state index in [1.807, 2.05) is 10.9 Å². The summed E-state index contributed by atoms with van der Waals surface area (Å²) in [5.74, 6) is -0.00400. The topological polar surface area (TPSA) is 65.4 Å². The van der Waals surface area contributed by atoms with Gasteiger partial charge in [0.25, 0.3) is 0 Å². The number of carbonyl (C=O) groups is 1. The van der Waals surface area contributed by atoms with Crippen LogP contribution in [0.3, 0.4) is 0 Å². The van der Waals surface area contributed by atoms with Gasteiger partial charge in [-0.1, -0.05) is 0 Å². The molecule has 3 rings (SSSR count). The molecule has 6 nitrogen and oxygen atoms in total. The van der Waals surface area contributed by atoms with Crippen LogP contribution in [-0.2, 0) is 20.8 Å². The van der Waals surface area contributed by atoms with Crippen molar-refractivity contribution in [3.63, 3.8) is 0 Å². The number of aromatic nitrogens is 2. The Balaban J connectivity index is 1.53. The molecular weight excluding hydrogens is 246 g/mol. The normalized spacial score (nSPS) is 26.7. The lowest BCUT2D eigenvalue weighted by Crippen LogP contribution is -2.22. The van der Waals surface area contributed by atoms with Crippen LogP contribution in [0.4, 0.5) is 5.69 Å². The van der Waals surface area contributed by atoms with Crippen LogP contribution >= 0.6 is 0 Å². The van der Waals surface area contributed by atoms with Gasteiger partial charge in [-0.3, -0.25) is 9.48 Å². The van der Waals surface area contributed by atoms with E-state index in [4.69, 9.17) is 9.47 Å². The predicted octanol–water partition coefficient (Wildman–Crippen LogP) is 1.04. The molecule has 2 atom stereocenters.